The highest BCUT2D eigenvalue weighted by atomic mass is 16.7. The second kappa shape index (κ2) is 5.81. The zero-order valence-corrected chi connectivity index (χ0v) is 13.2. The third kappa shape index (κ3) is 3.12. The Bertz CT molecular complexity index is 629. The first-order chi connectivity index (χ1) is 10.3. The first-order valence-corrected chi connectivity index (χ1v) is 7.01. The molecule has 1 aromatic carbocycles. The highest BCUT2D eigenvalue weighted by molar-refractivity contribution is 5.50. The number of nitrogens with one attached hydrogen (secondary N) is 1. The molecule has 1 saturated heterocycles. The van der Waals surface area contributed by atoms with Gasteiger partial charge in [-0.05, 0) is 39.8 Å². The van der Waals surface area contributed by atoms with Crippen LogP contribution in [0.4, 0.5) is 5.69 Å². The van der Waals surface area contributed by atoms with E-state index in [9.17, 15) is 0 Å². The molecule has 1 aliphatic heterocycles. The van der Waals surface area contributed by atoms with Gasteiger partial charge in [-0.1, -0.05) is 12.1 Å². The van der Waals surface area contributed by atoms with Crippen LogP contribution < -0.4 is 5.32 Å². The molecule has 1 fully saturated rings. The van der Waals surface area contributed by atoms with Gasteiger partial charge in [-0.15, -0.1) is 0 Å². The zero-order valence-electron chi connectivity index (χ0n) is 13.2. The van der Waals surface area contributed by atoms with Crippen molar-refractivity contribution in [2.24, 2.45) is 0 Å². The van der Waals surface area contributed by atoms with Gasteiger partial charge in [-0.2, -0.15) is 10.5 Å². The van der Waals surface area contributed by atoms with Gasteiger partial charge in [0.15, 0.2) is 6.29 Å². The highest BCUT2D eigenvalue weighted by Crippen LogP contribution is 2.44. The average molecular weight is 297 g/mol. The Morgan fingerprint density at radius 3 is 2.00 bits per heavy atom. The molecule has 1 aromatic rings. The maximum atomic E-state index is 8.68. The molecule has 1 N–H and O–H groups in total. The number of ether oxygens (including phenoxy) is 2. The third-order valence-electron chi connectivity index (χ3n) is 4.06. The van der Waals surface area contributed by atoms with Crippen LogP contribution in [-0.2, 0) is 9.47 Å². The summed E-state index contributed by atoms with van der Waals surface area (Å²) in [6.45, 7) is 8.05. The second-order valence-corrected chi connectivity index (χ2v) is 6.14. The number of nitrogens with zero attached hydrogens (tertiary/aromatic N) is 2. The molecule has 0 spiro atoms. The highest BCUT2D eigenvalue weighted by Gasteiger charge is 2.49. The molecule has 5 heteroatoms. The number of rotatable bonds is 3. The van der Waals surface area contributed by atoms with Gasteiger partial charge in [-0.3, -0.25) is 0 Å². The van der Waals surface area contributed by atoms with Gasteiger partial charge in [0.2, 0.25) is 0 Å². The summed E-state index contributed by atoms with van der Waals surface area (Å²) in [5, 5.41) is 20.3. The number of hydrogen-bond acceptors (Lipinski definition) is 5. The number of anilines is 1. The molecule has 0 aliphatic carbocycles. The summed E-state index contributed by atoms with van der Waals surface area (Å²) >= 11 is 0. The molecular formula is C17H19N3O2. The monoisotopic (exact) mass is 297 g/mol. The standard InChI is InChI=1S/C17H19N3O2/c1-16(2)17(3,4)22-15(21-16)13-5-7-14(8-6-13)20-11-12(9-18)10-19/h5-8,11,15,20H,1-4H3. The van der Waals surface area contributed by atoms with E-state index >= 15 is 0 Å². The molecular weight excluding hydrogens is 278 g/mol. The summed E-state index contributed by atoms with van der Waals surface area (Å²) in [6.07, 6.45) is 0.979. The molecule has 0 unspecified atom stereocenters. The topological polar surface area (TPSA) is 78.1 Å². The third-order valence-corrected chi connectivity index (χ3v) is 4.06. The summed E-state index contributed by atoms with van der Waals surface area (Å²) < 4.78 is 12.0. The van der Waals surface area contributed by atoms with Gasteiger partial charge in [0, 0.05) is 17.5 Å². The molecule has 1 heterocycles. The van der Waals surface area contributed by atoms with Gasteiger partial charge in [0.1, 0.15) is 17.7 Å². The first-order valence-electron chi connectivity index (χ1n) is 7.01. The van der Waals surface area contributed by atoms with Crippen molar-refractivity contribution in [2.45, 2.75) is 45.2 Å². The number of benzene rings is 1. The molecule has 5 nitrogen and oxygen atoms in total. The van der Waals surface area contributed by atoms with Crippen molar-refractivity contribution in [1.29, 1.82) is 10.5 Å². The Labute approximate surface area is 130 Å². The summed E-state index contributed by atoms with van der Waals surface area (Å²) in [6, 6.07) is 11.1. The number of allylic oxidation sites excluding steroid dienone is 1. The lowest BCUT2D eigenvalue weighted by Crippen LogP contribution is -2.41. The first kappa shape index (κ1) is 16.0. The molecule has 0 aromatic heterocycles. The van der Waals surface area contributed by atoms with E-state index in [0.717, 1.165) is 11.3 Å². The van der Waals surface area contributed by atoms with Crippen LogP contribution in [0.2, 0.25) is 0 Å². The fraction of sp³-hybridized carbons (Fsp3) is 0.412. The molecule has 0 saturated carbocycles. The Hall–Kier alpha value is -2.34. The van der Waals surface area contributed by atoms with Crippen LogP contribution in [0.1, 0.15) is 39.5 Å². The van der Waals surface area contributed by atoms with Crippen LogP contribution >= 0.6 is 0 Å². The van der Waals surface area contributed by atoms with Crippen molar-refractivity contribution >= 4 is 5.69 Å². The van der Waals surface area contributed by atoms with Crippen LogP contribution in [0.5, 0.6) is 0 Å². The maximum absolute atomic E-state index is 8.68. The predicted octanol–water partition coefficient (Wildman–Crippen LogP) is 3.63. The van der Waals surface area contributed by atoms with Crippen LogP contribution in [0.3, 0.4) is 0 Å². The molecule has 0 radical (unpaired) electrons. The van der Waals surface area contributed by atoms with E-state index in [-0.39, 0.29) is 16.8 Å². The van der Waals surface area contributed by atoms with E-state index in [1.165, 1.54) is 6.20 Å². The predicted molar refractivity (Wildman–Crippen MR) is 82.4 cm³/mol. The lowest BCUT2D eigenvalue weighted by molar-refractivity contribution is -0.0895. The van der Waals surface area contributed by atoms with E-state index in [0.29, 0.717) is 0 Å². The van der Waals surface area contributed by atoms with Crippen LogP contribution in [-0.4, -0.2) is 11.2 Å². The molecule has 2 rings (SSSR count). The SMILES string of the molecule is CC1(C)OC(c2ccc(NC=C(C#N)C#N)cc2)OC1(C)C. The van der Waals surface area contributed by atoms with E-state index in [1.54, 1.807) is 12.1 Å². The maximum Gasteiger partial charge on any atom is 0.185 e. The molecule has 22 heavy (non-hydrogen) atoms. The van der Waals surface area contributed by atoms with Gasteiger partial charge in [0.05, 0.1) is 11.2 Å². The van der Waals surface area contributed by atoms with Crippen LogP contribution in [0.25, 0.3) is 0 Å². The average Bonchev–Trinajstić information content (AvgIpc) is 2.69. The van der Waals surface area contributed by atoms with Crippen molar-refractivity contribution in [3.63, 3.8) is 0 Å². The number of hydrogen-bond donors (Lipinski definition) is 1. The minimum Gasteiger partial charge on any atom is -0.360 e. The quantitative estimate of drug-likeness (QED) is 0.862. The van der Waals surface area contributed by atoms with E-state index < -0.39 is 6.29 Å². The van der Waals surface area contributed by atoms with Crippen molar-refractivity contribution in [3.05, 3.63) is 41.6 Å². The van der Waals surface area contributed by atoms with Gasteiger partial charge < -0.3 is 14.8 Å². The van der Waals surface area contributed by atoms with Crippen molar-refractivity contribution in [2.75, 3.05) is 5.32 Å². The molecule has 114 valence electrons. The lowest BCUT2D eigenvalue weighted by atomic mass is 9.90. The van der Waals surface area contributed by atoms with E-state index in [4.69, 9.17) is 20.0 Å². The van der Waals surface area contributed by atoms with E-state index in [1.807, 2.05) is 52.0 Å². The molecule has 0 amide bonds. The summed E-state index contributed by atoms with van der Waals surface area (Å²) in [5.74, 6) is 0. The molecule has 0 bridgehead atoms. The summed E-state index contributed by atoms with van der Waals surface area (Å²) in [4.78, 5) is 0. The zero-order chi connectivity index (χ0) is 16.4. The minimum atomic E-state index is -0.400. The smallest absolute Gasteiger partial charge is 0.185 e. The van der Waals surface area contributed by atoms with Crippen molar-refractivity contribution in [1.82, 2.24) is 0 Å². The van der Waals surface area contributed by atoms with Crippen molar-refractivity contribution < 1.29 is 9.47 Å². The minimum absolute atomic E-state index is 0.0232. The van der Waals surface area contributed by atoms with Gasteiger partial charge in [0.25, 0.3) is 0 Å². The Morgan fingerprint density at radius 1 is 1.05 bits per heavy atom. The molecule has 1 aliphatic rings. The fourth-order valence-corrected chi connectivity index (χ4v) is 1.96. The van der Waals surface area contributed by atoms with Crippen molar-refractivity contribution in [3.8, 4) is 12.1 Å². The Balaban J connectivity index is 2.10. The van der Waals surface area contributed by atoms with Gasteiger partial charge >= 0.3 is 0 Å². The summed E-state index contributed by atoms with van der Waals surface area (Å²) in [5.41, 5.74) is 0.990. The Morgan fingerprint density at radius 2 is 1.55 bits per heavy atom. The fourth-order valence-electron chi connectivity index (χ4n) is 1.96. The van der Waals surface area contributed by atoms with E-state index in [2.05, 4.69) is 5.32 Å². The normalized spacial score (nSPS) is 19.0. The largest absolute Gasteiger partial charge is 0.360 e. The number of nitriles is 2. The summed E-state index contributed by atoms with van der Waals surface area (Å²) in [7, 11) is 0. The lowest BCUT2D eigenvalue weighted by Gasteiger charge is -2.30. The second-order valence-electron chi connectivity index (χ2n) is 6.14. The van der Waals surface area contributed by atoms with Gasteiger partial charge in [-0.25, -0.2) is 0 Å². The van der Waals surface area contributed by atoms with Crippen LogP contribution in [0, 0.1) is 22.7 Å². The Kier molecular flexibility index (Phi) is 4.23. The molecule has 0 atom stereocenters. The van der Waals surface area contributed by atoms with Crippen LogP contribution in [0.15, 0.2) is 36.0 Å².